The van der Waals surface area contributed by atoms with Crippen LogP contribution in [0.25, 0.3) is 0 Å². The second kappa shape index (κ2) is 4.84. The summed E-state index contributed by atoms with van der Waals surface area (Å²) < 4.78 is 23.0. The van der Waals surface area contributed by atoms with E-state index in [1.165, 1.54) is 0 Å². The molecule has 1 aliphatic carbocycles. The number of sulfone groups is 1. The summed E-state index contributed by atoms with van der Waals surface area (Å²) in [6.45, 7) is 1.48. The molecule has 2 atom stereocenters. The summed E-state index contributed by atoms with van der Waals surface area (Å²) in [5.41, 5.74) is 5.60. The highest BCUT2D eigenvalue weighted by Gasteiger charge is 2.38. The Morgan fingerprint density at radius 1 is 1.35 bits per heavy atom. The number of aliphatic hydroxyl groups is 1. The van der Waals surface area contributed by atoms with Crippen molar-refractivity contribution in [2.75, 3.05) is 31.2 Å². The predicted molar refractivity (Wildman–Crippen MR) is 66.5 cm³/mol. The van der Waals surface area contributed by atoms with Gasteiger partial charge in [-0.2, -0.15) is 0 Å². The largest absolute Gasteiger partial charge is 0.394 e. The molecule has 0 amide bonds. The molecule has 100 valence electrons. The van der Waals surface area contributed by atoms with Crippen LogP contribution in [0.15, 0.2) is 0 Å². The molecule has 2 fully saturated rings. The second-order valence-corrected chi connectivity index (χ2v) is 7.76. The minimum Gasteiger partial charge on any atom is -0.394 e. The van der Waals surface area contributed by atoms with Crippen LogP contribution >= 0.6 is 0 Å². The van der Waals surface area contributed by atoms with Gasteiger partial charge in [0.15, 0.2) is 9.84 Å². The average molecular weight is 262 g/mol. The molecule has 2 aliphatic rings. The molecule has 3 N–H and O–H groups in total. The van der Waals surface area contributed by atoms with E-state index < -0.39 is 15.4 Å². The van der Waals surface area contributed by atoms with Crippen molar-refractivity contribution >= 4 is 9.84 Å². The standard InChI is InChI=1S/C11H22N2O3S/c12-11(9-14)3-2-10(8-11)13-4-1-6-17(15,16)7-5-13/h10,14H,1-9,12H2. The number of hydrogen-bond acceptors (Lipinski definition) is 5. The van der Waals surface area contributed by atoms with Crippen LogP contribution in [0.4, 0.5) is 0 Å². The fourth-order valence-electron chi connectivity index (χ4n) is 2.91. The first-order valence-corrected chi connectivity index (χ1v) is 8.10. The molecule has 5 nitrogen and oxygen atoms in total. The van der Waals surface area contributed by atoms with Gasteiger partial charge in [0, 0.05) is 18.1 Å². The van der Waals surface area contributed by atoms with Crippen molar-refractivity contribution in [3.63, 3.8) is 0 Å². The van der Waals surface area contributed by atoms with E-state index in [1.807, 2.05) is 0 Å². The van der Waals surface area contributed by atoms with E-state index in [0.29, 0.717) is 18.3 Å². The minimum absolute atomic E-state index is 0.0235. The summed E-state index contributed by atoms with van der Waals surface area (Å²) in [4.78, 5) is 2.24. The molecule has 0 spiro atoms. The first kappa shape index (κ1) is 13.3. The van der Waals surface area contributed by atoms with E-state index >= 15 is 0 Å². The molecule has 0 radical (unpaired) electrons. The fraction of sp³-hybridized carbons (Fsp3) is 1.00. The quantitative estimate of drug-likeness (QED) is 0.691. The molecule has 1 heterocycles. The Balaban J connectivity index is 1.96. The van der Waals surface area contributed by atoms with Gasteiger partial charge < -0.3 is 10.8 Å². The van der Waals surface area contributed by atoms with E-state index in [9.17, 15) is 13.5 Å². The number of nitrogens with zero attached hydrogens (tertiary/aromatic N) is 1. The van der Waals surface area contributed by atoms with Gasteiger partial charge in [0.1, 0.15) is 0 Å². The maximum atomic E-state index is 11.5. The highest BCUT2D eigenvalue weighted by molar-refractivity contribution is 7.91. The SMILES string of the molecule is NC1(CO)CCC(N2CCCS(=O)(=O)CC2)C1. The zero-order valence-electron chi connectivity index (χ0n) is 10.1. The second-order valence-electron chi connectivity index (χ2n) is 5.46. The van der Waals surface area contributed by atoms with Crippen molar-refractivity contribution in [3.05, 3.63) is 0 Å². The van der Waals surface area contributed by atoms with Gasteiger partial charge in [0.2, 0.25) is 0 Å². The Morgan fingerprint density at radius 2 is 2.12 bits per heavy atom. The lowest BCUT2D eigenvalue weighted by Gasteiger charge is -2.28. The molecule has 1 saturated heterocycles. The molecule has 6 heteroatoms. The molecule has 0 aromatic heterocycles. The molecular formula is C11H22N2O3S. The van der Waals surface area contributed by atoms with Crippen LogP contribution in [-0.2, 0) is 9.84 Å². The lowest BCUT2D eigenvalue weighted by molar-refractivity contribution is 0.171. The molecule has 2 rings (SSSR count). The van der Waals surface area contributed by atoms with Gasteiger partial charge in [0.25, 0.3) is 0 Å². The first-order valence-electron chi connectivity index (χ1n) is 6.28. The van der Waals surface area contributed by atoms with Gasteiger partial charge in [-0.1, -0.05) is 0 Å². The summed E-state index contributed by atoms with van der Waals surface area (Å²) in [5.74, 6) is 0.574. The van der Waals surface area contributed by atoms with Gasteiger partial charge in [-0.15, -0.1) is 0 Å². The Hall–Kier alpha value is -0.170. The molecular weight excluding hydrogens is 240 g/mol. The Labute approximate surface area is 103 Å². The van der Waals surface area contributed by atoms with Crippen LogP contribution in [0, 0.1) is 0 Å². The number of hydrogen-bond donors (Lipinski definition) is 2. The molecule has 1 aliphatic heterocycles. The van der Waals surface area contributed by atoms with Crippen molar-refractivity contribution in [1.29, 1.82) is 0 Å². The third-order valence-electron chi connectivity index (χ3n) is 4.04. The van der Waals surface area contributed by atoms with Crippen molar-refractivity contribution in [2.24, 2.45) is 5.73 Å². The van der Waals surface area contributed by atoms with E-state index in [1.54, 1.807) is 0 Å². The Morgan fingerprint density at radius 3 is 2.76 bits per heavy atom. The van der Waals surface area contributed by atoms with Crippen molar-refractivity contribution in [3.8, 4) is 0 Å². The van der Waals surface area contributed by atoms with Gasteiger partial charge in [-0.3, -0.25) is 4.90 Å². The van der Waals surface area contributed by atoms with Crippen LogP contribution < -0.4 is 5.73 Å². The molecule has 2 unspecified atom stereocenters. The smallest absolute Gasteiger partial charge is 0.151 e. The summed E-state index contributed by atoms with van der Waals surface area (Å²) >= 11 is 0. The Kier molecular flexibility index (Phi) is 3.77. The molecule has 0 aromatic rings. The average Bonchev–Trinajstić information content (AvgIpc) is 2.57. The minimum atomic E-state index is -2.84. The van der Waals surface area contributed by atoms with E-state index in [4.69, 9.17) is 5.73 Å². The van der Waals surface area contributed by atoms with Crippen LogP contribution in [0.1, 0.15) is 25.7 Å². The lowest BCUT2D eigenvalue weighted by Crippen LogP contribution is -2.44. The highest BCUT2D eigenvalue weighted by atomic mass is 32.2. The maximum absolute atomic E-state index is 11.5. The third kappa shape index (κ3) is 3.19. The molecule has 17 heavy (non-hydrogen) atoms. The van der Waals surface area contributed by atoms with Gasteiger partial charge in [0.05, 0.1) is 18.1 Å². The third-order valence-corrected chi connectivity index (χ3v) is 5.75. The number of rotatable bonds is 2. The van der Waals surface area contributed by atoms with E-state index in [0.717, 1.165) is 32.2 Å². The monoisotopic (exact) mass is 262 g/mol. The van der Waals surface area contributed by atoms with Crippen LogP contribution in [0.2, 0.25) is 0 Å². The van der Waals surface area contributed by atoms with Crippen LogP contribution in [-0.4, -0.2) is 61.2 Å². The van der Waals surface area contributed by atoms with Gasteiger partial charge in [-0.25, -0.2) is 8.42 Å². The number of aliphatic hydroxyl groups excluding tert-OH is 1. The molecule has 0 aromatic carbocycles. The van der Waals surface area contributed by atoms with Gasteiger partial charge in [-0.05, 0) is 32.2 Å². The van der Waals surface area contributed by atoms with Gasteiger partial charge >= 0.3 is 0 Å². The topological polar surface area (TPSA) is 83.6 Å². The van der Waals surface area contributed by atoms with Crippen LogP contribution in [0.3, 0.4) is 0 Å². The van der Waals surface area contributed by atoms with E-state index in [2.05, 4.69) is 4.90 Å². The highest BCUT2D eigenvalue weighted by Crippen LogP contribution is 2.31. The summed E-state index contributed by atoms with van der Waals surface area (Å²) in [6.07, 6.45) is 3.30. The molecule has 0 bridgehead atoms. The molecule has 1 saturated carbocycles. The fourth-order valence-corrected chi connectivity index (χ4v) is 4.19. The van der Waals surface area contributed by atoms with Crippen LogP contribution in [0.5, 0.6) is 0 Å². The normalized spacial score (nSPS) is 39.1. The van der Waals surface area contributed by atoms with E-state index in [-0.39, 0.29) is 12.4 Å². The lowest BCUT2D eigenvalue weighted by atomic mass is 10.0. The Bertz CT molecular complexity index is 371. The summed E-state index contributed by atoms with van der Waals surface area (Å²) in [6, 6.07) is 0.348. The zero-order valence-corrected chi connectivity index (χ0v) is 11.0. The summed E-state index contributed by atoms with van der Waals surface area (Å²) in [7, 11) is -2.84. The maximum Gasteiger partial charge on any atom is 0.151 e. The zero-order chi connectivity index (χ0) is 12.5. The summed E-state index contributed by atoms with van der Waals surface area (Å²) in [5, 5.41) is 9.24. The van der Waals surface area contributed by atoms with Crippen molar-refractivity contribution in [2.45, 2.75) is 37.3 Å². The van der Waals surface area contributed by atoms with Crippen molar-refractivity contribution in [1.82, 2.24) is 4.90 Å². The number of nitrogens with two attached hydrogens (primary N) is 1. The first-order chi connectivity index (χ1) is 7.94. The predicted octanol–water partition coefficient (Wildman–Crippen LogP) is -0.651. The van der Waals surface area contributed by atoms with Crippen molar-refractivity contribution < 1.29 is 13.5 Å².